The number of carbonyl (C=O) groups excluding carboxylic acids is 1. The van der Waals surface area contributed by atoms with Crippen molar-refractivity contribution in [2.45, 2.75) is 46.7 Å². The van der Waals surface area contributed by atoms with Gasteiger partial charge in [-0.15, -0.1) is 0 Å². The lowest BCUT2D eigenvalue weighted by atomic mass is 9.99. The van der Waals surface area contributed by atoms with Crippen LogP contribution >= 0.6 is 0 Å². The van der Waals surface area contributed by atoms with Crippen LogP contribution in [0.1, 0.15) is 52.6 Å². The highest BCUT2D eigenvalue weighted by Gasteiger charge is 2.16. The number of amides is 1. The fourth-order valence-electron chi connectivity index (χ4n) is 4.30. The fraction of sp³-hybridized carbons (Fsp3) is 0.385. The topological polar surface area (TPSA) is 50.2 Å². The molecule has 4 rings (SSSR count). The zero-order valence-corrected chi connectivity index (χ0v) is 18.8. The van der Waals surface area contributed by atoms with Crippen LogP contribution in [0.5, 0.6) is 0 Å². The molecule has 31 heavy (non-hydrogen) atoms. The summed E-state index contributed by atoms with van der Waals surface area (Å²) in [5, 5.41) is 7.53. The summed E-state index contributed by atoms with van der Waals surface area (Å²) in [6, 6.07) is 18.4. The van der Waals surface area contributed by atoms with Gasteiger partial charge in [0.2, 0.25) is 0 Å². The number of nitrogens with one attached hydrogen (secondary N) is 1. The monoisotopic (exact) mass is 416 g/mol. The van der Waals surface area contributed by atoms with Gasteiger partial charge in [-0.3, -0.25) is 9.48 Å². The maximum atomic E-state index is 12.6. The standard InChI is InChI=1S/C26H32N4O/c1-19-5-4-14-29(17-19)25-12-8-22(9-13-25)16-27-26(31)24-10-6-23(7-11-24)18-30-21(3)15-20(2)28-30/h6-13,15,19H,4-5,14,16-18H2,1-3H3,(H,27,31)/t19-/m0/s1. The number of benzene rings is 2. The van der Waals surface area contributed by atoms with Crippen molar-refractivity contribution in [2.24, 2.45) is 5.92 Å². The van der Waals surface area contributed by atoms with E-state index in [0.29, 0.717) is 18.7 Å². The minimum atomic E-state index is -0.0494. The summed E-state index contributed by atoms with van der Waals surface area (Å²) in [5.74, 6) is 0.707. The van der Waals surface area contributed by atoms with Crippen LogP contribution in [0, 0.1) is 19.8 Å². The number of piperidine rings is 1. The molecule has 0 saturated carbocycles. The molecule has 0 radical (unpaired) electrons. The highest BCUT2D eigenvalue weighted by Crippen LogP contribution is 2.23. The van der Waals surface area contributed by atoms with Gasteiger partial charge in [-0.25, -0.2) is 0 Å². The molecular weight excluding hydrogens is 384 g/mol. The number of aryl methyl sites for hydroxylation is 2. The Morgan fingerprint density at radius 1 is 1.06 bits per heavy atom. The minimum Gasteiger partial charge on any atom is -0.371 e. The van der Waals surface area contributed by atoms with Crippen LogP contribution in [-0.4, -0.2) is 28.8 Å². The van der Waals surface area contributed by atoms with E-state index in [1.807, 2.05) is 35.9 Å². The normalized spacial score (nSPS) is 16.4. The maximum Gasteiger partial charge on any atom is 0.251 e. The average Bonchev–Trinajstić information content (AvgIpc) is 3.09. The van der Waals surface area contributed by atoms with Crippen molar-refractivity contribution in [1.82, 2.24) is 15.1 Å². The molecule has 0 bridgehead atoms. The molecule has 162 valence electrons. The molecule has 1 aliphatic heterocycles. The molecular formula is C26H32N4O. The number of carbonyl (C=O) groups is 1. The van der Waals surface area contributed by atoms with Gasteiger partial charge >= 0.3 is 0 Å². The Labute approximate surface area is 185 Å². The van der Waals surface area contributed by atoms with E-state index in [9.17, 15) is 4.79 Å². The van der Waals surface area contributed by atoms with Crippen LogP contribution < -0.4 is 10.2 Å². The number of aromatic nitrogens is 2. The number of hydrogen-bond donors (Lipinski definition) is 1. The SMILES string of the molecule is Cc1cc(C)n(Cc2ccc(C(=O)NCc3ccc(N4CCC[C@H](C)C4)cc3)cc2)n1. The predicted molar refractivity (Wildman–Crippen MR) is 125 cm³/mol. The Kier molecular flexibility index (Phi) is 6.40. The first-order valence-corrected chi connectivity index (χ1v) is 11.2. The third kappa shape index (κ3) is 5.35. The van der Waals surface area contributed by atoms with E-state index in [4.69, 9.17) is 0 Å². The highest BCUT2D eigenvalue weighted by molar-refractivity contribution is 5.94. The summed E-state index contributed by atoms with van der Waals surface area (Å²) in [6.07, 6.45) is 2.59. The smallest absolute Gasteiger partial charge is 0.251 e. The number of rotatable bonds is 6. The second kappa shape index (κ2) is 9.38. The van der Waals surface area contributed by atoms with E-state index in [1.165, 1.54) is 18.5 Å². The zero-order valence-electron chi connectivity index (χ0n) is 18.8. The van der Waals surface area contributed by atoms with Crippen molar-refractivity contribution in [3.05, 3.63) is 82.7 Å². The van der Waals surface area contributed by atoms with E-state index in [1.54, 1.807) is 0 Å². The molecule has 0 spiro atoms. The van der Waals surface area contributed by atoms with Gasteiger partial charge in [0, 0.05) is 36.6 Å². The number of anilines is 1. The van der Waals surface area contributed by atoms with E-state index in [0.717, 1.165) is 41.5 Å². The Morgan fingerprint density at radius 3 is 2.42 bits per heavy atom. The lowest BCUT2D eigenvalue weighted by molar-refractivity contribution is 0.0951. The molecule has 1 fully saturated rings. The molecule has 5 nitrogen and oxygen atoms in total. The fourth-order valence-corrected chi connectivity index (χ4v) is 4.30. The summed E-state index contributed by atoms with van der Waals surface area (Å²) in [4.78, 5) is 15.0. The Balaban J connectivity index is 1.30. The second-order valence-corrected chi connectivity index (χ2v) is 8.82. The molecule has 1 atom stereocenters. The molecule has 1 aromatic heterocycles. The lowest BCUT2D eigenvalue weighted by Gasteiger charge is -2.32. The first-order chi connectivity index (χ1) is 15.0. The van der Waals surface area contributed by atoms with E-state index in [2.05, 4.69) is 59.5 Å². The van der Waals surface area contributed by atoms with Crippen LogP contribution in [0.2, 0.25) is 0 Å². The molecule has 0 unspecified atom stereocenters. The second-order valence-electron chi connectivity index (χ2n) is 8.82. The highest BCUT2D eigenvalue weighted by atomic mass is 16.1. The molecule has 3 aromatic rings. The molecule has 1 saturated heterocycles. The van der Waals surface area contributed by atoms with Crippen molar-refractivity contribution in [3.63, 3.8) is 0 Å². The molecule has 5 heteroatoms. The van der Waals surface area contributed by atoms with E-state index < -0.39 is 0 Å². The Hall–Kier alpha value is -3.08. The van der Waals surface area contributed by atoms with Crippen LogP contribution in [0.15, 0.2) is 54.6 Å². The van der Waals surface area contributed by atoms with Gasteiger partial charge in [0.1, 0.15) is 0 Å². The van der Waals surface area contributed by atoms with E-state index >= 15 is 0 Å². The van der Waals surface area contributed by atoms with E-state index in [-0.39, 0.29) is 5.91 Å². The first-order valence-electron chi connectivity index (χ1n) is 11.2. The third-order valence-electron chi connectivity index (χ3n) is 6.06. The lowest BCUT2D eigenvalue weighted by Crippen LogP contribution is -2.34. The van der Waals surface area contributed by atoms with Gasteiger partial charge in [0.05, 0.1) is 12.2 Å². The van der Waals surface area contributed by atoms with Crippen molar-refractivity contribution in [1.29, 1.82) is 0 Å². The van der Waals surface area contributed by atoms with Crippen molar-refractivity contribution in [3.8, 4) is 0 Å². The quantitative estimate of drug-likeness (QED) is 0.633. The van der Waals surface area contributed by atoms with Crippen LogP contribution in [0.25, 0.3) is 0 Å². The summed E-state index contributed by atoms with van der Waals surface area (Å²) in [6.45, 7) is 9.89. The van der Waals surface area contributed by atoms with Crippen molar-refractivity contribution in [2.75, 3.05) is 18.0 Å². The molecule has 2 aromatic carbocycles. The predicted octanol–water partition coefficient (Wildman–Crippen LogP) is 4.71. The summed E-state index contributed by atoms with van der Waals surface area (Å²) in [5.41, 5.74) is 6.36. The van der Waals surface area contributed by atoms with Gasteiger partial charge in [-0.1, -0.05) is 31.2 Å². The maximum absolute atomic E-state index is 12.6. The molecule has 1 N–H and O–H groups in total. The Morgan fingerprint density at radius 2 is 1.77 bits per heavy atom. The van der Waals surface area contributed by atoms with Crippen LogP contribution in [0.3, 0.4) is 0 Å². The van der Waals surface area contributed by atoms with Gasteiger partial charge in [-0.2, -0.15) is 5.10 Å². The first kappa shape index (κ1) is 21.2. The van der Waals surface area contributed by atoms with Crippen LogP contribution in [0.4, 0.5) is 5.69 Å². The average molecular weight is 417 g/mol. The number of hydrogen-bond acceptors (Lipinski definition) is 3. The molecule has 0 aliphatic carbocycles. The summed E-state index contributed by atoms with van der Waals surface area (Å²) < 4.78 is 1.98. The van der Waals surface area contributed by atoms with Gasteiger partial charge in [-0.05, 0) is 74.1 Å². The minimum absolute atomic E-state index is 0.0494. The largest absolute Gasteiger partial charge is 0.371 e. The van der Waals surface area contributed by atoms with Crippen molar-refractivity contribution >= 4 is 11.6 Å². The molecule has 2 heterocycles. The summed E-state index contributed by atoms with van der Waals surface area (Å²) >= 11 is 0. The van der Waals surface area contributed by atoms with Gasteiger partial charge in [0.15, 0.2) is 0 Å². The third-order valence-corrected chi connectivity index (χ3v) is 6.06. The van der Waals surface area contributed by atoms with Crippen LogP contribution in [-0.2, 0) is 13.1 Å². The van der Waals surface area contributed by atoms with Crippen molar-refractivity contribution < 1.29 is 4.79 Å². The molecule has 1 aliphatic rings. The van der Waals surface area contributed by atoms with Gasteiger partial charge in [0.25, 0.3) is 5.91 Å². The Bertz CT molecular complexity index is 1020. The molecule has 1 amide bonds. The van der Waals surface area contributed by atoms with Gasteiger partial charge < -0.3 is 10.2 Å². The summed E-state index contributed by atoms with van der Waals surface area (Å²) in [7, 11) is 0. The zero-order chi connectivity index (χ0) is 21.8. The number of nitrogens with zero attached hydrogens (tertiary/aromatic N) is 3.